The van der Waals surface area contributed by atoms with E-state index in [1.807, 2.05) is 0 Å². The maximum Gasteiger partial charge on any atom is 0.327 e. The standard InChI is InChI=1S/C22H33N5O4S2/c1-22(30,13-28)20-27(18(12-32-20)33(23,24)31)21(29)26-19-16(8-14-4-2-5-14)10-25-11-17(19)9-15-6-3-7-15/h10-12,14-15,20,28,30H,2-9,13H2,1H3,(H3,23,24,31)(H,25,26,29). The van der Waals surface area contributed by atoms with Crippen LogP contribution >= 0.6 is 11.8 Å². The van der Waals surface area contributed by atoms with Crippen LogP contribution in [0.2, 0.25) is 0 Å². The maximum absolute atomic E-state index is 13.6. The lowest BCUT2D eigenvalue weighted by molar-refractivity contribution is -0.0206. The summed E-state index contributed by atoms with van der Waals surface area (Å²) in [6.07, 6.45) is 12.3. The van der Waals surface area contributed by atoms with E-state index in [9.17, 15) is 19.2 Å². The zero-order valence-corrected chi connectivity index (χ0v) is 20.5. The van der Waals surface area contributed by atoms with Gasteiger partial charge in [-0.25, -0.2) is 18.9 Å². The van der Waals surface area contributed by atoms with Gasteiger partial charge in [0.05, 0.1) is 12.3 Å². The molecule has 9 nitrogen and oxygen atoms in total. The highest BCUT2D eigenvalue weighted by molar-refractivity contribution is 8.04. The summed E-state index contributed by atoms with van der Waals surface area (Å²) >= 11 is 1.01. The van der Waals surface area contributed by atoms with Crippen LogP contribution in [0, 0.1) is 16.6 Å². The predicted octanol–water partition coefficient (Wildman–Crippen LogP) is 3.14. The van der Waals surface area contributed by atoms with Gasteiger partial charge in [0, 0.05) is 17.8 Å². The molecule has 3 unspecified atom stereocenters. The van der Waals surface area contributed by atoms with Crippen LogP contribution in [0.1, 0.15) is 56.6 Å². The molecular formula is C22H33N5O4S2. The fraction of sp³-hybridized carbons (Fsp3) is 0.636. The number of amides is 2. The van der Waals surface area contributed by atoms with Gasteiger partial charge in [0.1, 0.15) is 25.9 Å². The number of nitrogens with two attached hydrogens (primary N) is 1. The van der Waals surface area contributed by atoms with Crippen molar-refractivity contribution < 1.29 is 19.2 Å². The third kappa shape index (κ3) is 5.22. The first-order valence-electron chi connectivity index (χ1n) is 11.4. The van der Waals surface area contributed by atoms with Crippen molar-refractivity contribution >= 4 is 33.4 Å². The van der Waals surface area contributed by atoms with Crippen LogP contribution in [0.4, 0.5) is 10.5 Å². The van der Waals surface area contributed by atoms with Gasteiger partial charge < -0.3 is 15.5 Å². The first-order chi connectivity index (χ1) is 15.6. The first kappa shape index (κ1) is 24.5. The topological polar surface area (TPSA) is 153 Å². The normalized spacial score (nSPS) is 24.9. The Bertz CT molecular complexity index is 1000. The van der Waals surface area contributed by atoms with Gasteiger partial charge in [0.25, 0.3) is 0 Å². The Morgan fingerprint density at radius 3 is 2.24 bits per heavy atom. The number of hydrogen-bond acceptors (Lipinski definition) is 7. The number of urea groups is 1. The molecule has 4 rings (SSSR count). The summed E-state index contributed by atoms with van der Waals surface area (Å²) in [5.74, 6) is 1.14. The number of aliphatic hydroxyl groups is 2. The predicted molar refractivity (Wildman–Crippen MR) is 129 cm³/mol. The van der Waals surface area contributed by atoms with Crippen molar-refractivity contribution in [3.8, 4) is 0 Å². The summed E-state index contributed by atoms with van der Waals surface area (Å²) < 4.78 is 20.3. The molecule has 1 aromatic rings. The molecule has 2 aliphatic carbocycles. The van der Waals surface area contributed by atoms with E-state index in [-0.39, 0.29) is 5.03 Å². The number of aromatic nitrogens is 1. The minimum Gasteiger partial charge on any atom is -0.393 e. The molecular weight excluding hydrogens is 462 g/mol. The summed E-state index contributed by atoms with van der Waals surface area (Å²) in [7, 11) is -3.74. The number of nitrogens with one attached hydrogen (secondary N) is 2. The molecule has 6 N–H and O–H groups in total. The number of anilines is 1. The summed E-state index contributed by atoms with van der Waals surface area (Å²) in [6, 6.07) is -0.633. The molecule has 11 heteroatoms. The molecule has 1 aliphatic heterocycles. The third-order valence-corrected chi connectivity index (χ3v) is 9.37. The van der Waals surface area contributed by atoms with E-state index in [4.69, 9.17) is 9.92 Å². The minimum absolute atomic E-state index is 0.182. The largest absolute Gasteiger partial charge is 0.393 e. The van der Waals surface area contributed by atoms with Crippen LogP contribution in [0.15, 0.2) is 22.8 Å². The Hall–Kier alpha value is -1.66. The number of carbonyl (C=O) groups excluding carboxylic acids is 1. The fourth-order valence-electron chi connectivity index (χ4n) is 4.49. The van der Waals surface area contributed by atoms with Gasteiger partial charge in [-0.15, -0.1) is 11.8 Å². The van der Waals surface area contributed by atoms with E-state index < -0.39 is 33.5 Å². The highest BCUT2D eigenvalue weighted by atomic mass is 32.2. The second-order valence-corrected chi connectivity index (χ2v) is 12.3. The Labute approximate surface area is 199 Å². The molecule has 2 fully saturated rings. The zero-order valence-electron chi connectivity index (χ0n) is 18.8. The second kappa shape index (κ2) is 9.53. The fourth-order valence-corrected chi connectivity index (χ4v) is 6.83. The quantitative estimate of drug-likeness (QED) is 0.373. The average Bonchev–Trinajstić information content (AvgIpc) is 3.16. The Kier molecular flexibility index (Phi) is 7.07. The lowest BCUT2D eigenvalue weighted by atomic mass is 9.79. The van der Waals surface area contributed by atoms with Gasteiger partial charge >= 0.3 is 6.03 Å². The first-order valence-corrected chi connectivity index (χ1v) is 14.0. The molecule has 0 bridgehead atoms. The van der Waals surface area contributed by atoms with Crippen molar-refractivity contribution in [3.63, 3.8) is 0 Å². The summed E-state index contributed by atoms with van der Waals surface area (Å²) in [5.41, 5.74) is 0.951. The highest BCUT2D eigenvalue weighted by Gasteiger charge is 2.46. The number of thioether (sulfide) groups is 1. The smallest absolute Gasteiger partial charge is 0.327 e. The SMILES string of the molecule is CC(O)(CO)C1SC=C(S(=N)(N)=O)N1C(=O)Nc1c(CC2CCC2)cncc1CC1CCC1. The summed E-state index contributed by atoms with van der Waals surface area (Å²) in [5, 5.41) is 29.2. The lowest BCUT2D eigenvalue weighted by Crippen LogP contribution is -2.53. The van der Waals surface area contributed by atoms with Crippen molar-refractivity contribution in [1.82, 2.24) is 9.88 Å². The van der Waals surface area contributed by atoms with Crippen LogP contribution in [0.5, 0.6) is 0 Å². The van der Waals surface area contributed by atoms with E-state index in [2.05, 4.69) is 10.3 Å². The zero-order chi connectivity index (χ0) is 23.8. The summed E-state index contributed by atoms with van der Waals surface area (Å²) in [6.45, 7) is 0.773. The third-order valence-electron chi connectivity index (χ3n) is 6.95. The van der Waals surface area contributed by atoms with Gasteiger partial charge in [-0.05, 0) is 42.7 Å². The van der Waals surface area contributed by atoms with E-state index in [0.29, 0.717) is 17.5 Å². The van der Waals surface area contributed by atoms with Gasteiger partial charge in [-0.2, -0.15) is 0 Å². The Morgan fingerprint density at radius 1 is 1.27 bits per heavy atom. The number of carbonyl (C=O) groups is 1. The van der Waals surface area contributed by atoms with Crippen molar-refractivity contribution in [1.29, 1.82) is 4.78 Å². The van der Waals surface area contributed by atoms with Crippen LogP contribution in [-0.4, -0.2) is 47.9 Å². The van der Waals surface area contributed by atoms with Crippen molar-refractivity contribution in [2.75, 3.05) is 11.9 Å². The van der Waals surface area contributed by atoms with Gasteiger partial charge in [-0.1, -0.05) is 38.5 Å². The Morgan fingerprint density at radius 2 is 1.82 bits per heavy atom. The van der Waals surface area contributed by atoms with Crippen LogP contribution in [0.25, 0.3) is 0 Å². The second-order valence-electron chi connectivity index (χ2n) is 9.70. The molecule has 182 valence electrons. The molecule has 2 amide bonds. The number of hydrogen-bond donors (Lipinski definition) is 5. The molecule has 2 saturated carbocycles. The molecule has 33 heavy (non-hydrogen) atoms. The van der Waals surface area contributed by atoms with Crippen molar-refractivity contribution in [2.24, 2.45) is 17.0 Å². The van der Waals surface area contributed by atoms with Crippen molar-refractivity contribution in [2.45, 2.75) is 69.3 Å². The minimum atomic E-state index is -3.74. The van der Waals surface area contributed by atoms with Crippen LogP contribution < -0.4 is 10.5 Å². The van der Waals surface area contributed by atoms with E-state index in [1.165, 1.54) is 25.2 Å². The average molecular weight is 496 g/mol. The summed E-state index contributed by atoms with van der Waals surface area (Å²) in [4.78, 5) is 19.1. The van der Waals surface area contributed by atoms with Gasteiger partial charge in [0.15, 0.2) is 0 Å². The number of pyridine rings is 1. The van der Waals surface area contributed by atoms with E-state index >= 15 is 0 Å². The van der Waals surface area contributed by atoms with Gasteiger partial charge in [0.2, 0.25) is 0 Å². The maximum atomic E-state index is 13.6. The molecule has 3 aliphatic rings. The lowest BCUT2D eigenvalue weighted by Gasteiger charge is -2.36. The van der Waals surface area contributed by atoms with Gasteiger partial charge in [-0.3, -0.25) is 9.88 Å². The van der Waals surface area contributed by atoms with Crippen LogP contribution in [-0.2, 0) is 22.8 Å². The number of aliphatic hydroxyl groups excluding tert-OH is 1. The molecule has 0 saturated heterocycles. The monoisotopic (exact) mass is 495 g/mol. The molecule has 0 spiro atoms. The number of rotatable bonds is 8. The van der Waals surface area contributed by atoms with E-state index in [0.717, 1.165) is 66.3 Å². The molecule has 0 radical (unpaired) electrons. The molecule has 1 aromatic heterocycles. The highest BCUT2D eigenvalue weighted by Crippen LogP contribution is 2.41. The molecule has 3 atom stereocenters. The molecule has 2 heterocycles. The van der Waals surface area contributed by atoms with Crippen molar-refractivity contribution in [3.05, 3.63) is 34.0 Å². The number of nitrogens with zero attached hydrogens (tertiary/aromatic N) is 2. The van der Waals surface area contributed by atoms with E-state index in [1.54, 1.807) is 12.4 Å². The molecule has 0 aromatic carbocycles. The van der Waals surface area contributed by atoms with Crippen LogP contribution in [0.3, 0.4) is 0 Å². The Balaban J connectivity index is 1.66.